The summed E-state index contributed by atoms with van der Waals surface area (Å²) < 4.78 is 5.09. The summed E-state index contributed by atoms with van der Waals surface area (Å²) in [6.45, 7) is 0.179. The highest BCUT2D eigenvalue weighted by Crippen LogP contribution is 2.30. The van der Waals surface area contributed by atoms with Crippen LogP contribution in [0.3, 0.4) is 0 Å². The summed E-state index contributed by atoms with van der Waals surface area (Å²) in [7, 11) is 1.45. The smallest absolute Gasteiger partial charge is 0.265 e. The Morgan fingerprint density at radius 2 is 2.05 bits per heavy atom. The summed E-state index contributed by atoms with van der Waals surface area (Å²) in [5.74, 6) is -0.812. The molecule has 1 aromatic rings. The molecule has 1 aromatic carbocycles. The number of methoxy groups -OCH3 is 1. The molecular weight excluding hydrogens is 248 g/mol. The number of carbonyl (C=O) groups excluding carboxylic acids is 3. The van der Waals surface area contributed by atoms with E-state index in [0.717, 1.165) is 4.90 Å². The highest BCUT2D eigenvalue weighted by molar-refractivity contribution is 6.22. The molecule has 0 aliphatic carbocycles. The van der Waals surface area contributed by atoms with Crippen molar-refractivity contribution < 1.29 is 19.1 Å². The van der Waals surface area contributed by atoms with Gasteiger partial charge in [0.05, 0.1) is 18.2 Å². The Balaban J connectivity index is 2.22. The summed E-state index contributed by atoms with van der Waals surface area (Å²) >= 11 is 0. The average molecular weight is 262 g/mol. The molecule has 3 amide bonds. The van der Waals surface area contributed by atoms with E-state index in [9.17, 15) is 14.4 Å². The maximum Gasteiger partial charge on any atom is 0.265 e. The molecule has 0 spiro atoms. The van der Waals surface area contributed by atoms with Crippen molar-refractivity contribution in [2.75, 3.05) is 13.7 Å². The number of rotatable bonds is 5. The van der Waals surface area contributed by atoms with E-state index in [-0.39, 0.29) is 30.3 Å². The molecule has 6 nitrogen and oxygen atoms in total. The van der Waals surface area contributed by atoms with Gasteiger partial charge in [-0.05, 0) is 18.6 Å². The van der Waals surface area contributed by atoms with E-state index in [2.05, 4.69) is 0 Å². The van der Waals surface area contributed by atoms with Gasteiger partial charge in [0.15, 0.2) is 0 Å². The molecule has 0 aromatic heterocycles. The zero-order valence-electron chi connectivity index (χ0n) is 10.5. The summed E-state index contributed by atoms with van der Waals surface area (Å²) in [5.41, 5.74) is 5.65. The van der Waals surface area contributed by atoms with Gasteiger partial charge in [0.25, 0.3) is 11.8 Å². The third-order valence-corrected chi connectivity index (χ3v) is 2.99. The van der Waals surface area contributed by atoms with Crippen molar-refractivity contribution in [3.8, 4) is 5.75 Å². The zero-order chi connectivity index (χ0) is 14.0. The lowest BCUT2D eigenvalue weighted by atomic mass is 10.1. The number of amides is 3. The van der Waals surface area contributed by atoms with Crippen LogP contribution in [-0.2, 0) is 4.79 Å². The van der Waals surface area contributed by atoms with Crippen LogP contribution in [0.4, 0.5) is 0 Å². The minimum absolute atomic E-state index is 0.143. The third-order valence-electron chi connectivity index (χ3n) is 2.99. The Morgan fingerprint density at radius 1 is 1.32 bits per heavy atom. The number of ether oxygens (including phenoxy) is 1. The number of hydrogen-bond donors (Lipinski definition) is 1. The van der Waals surface area contributed by atoms with Crippen molar-refractivity contribution in [1.82, 2.24) is 4.90 Å². The standard InChI is InChI=1S/C13H14N2O4/c1-19-9-5-2-4-8-11(9)13(18)15(12(8)17)7-3-6-10(14)16/h2,4-5H,3,6-7H2,1H3,(H2,14,16). The number of fused-ring (bicyclic) bond motifs is 1. The van der Waals surface area contributed by atoms with E-state index in [1.807, 2.05) is 0 Å². The Morgan fingerprint density at radius 3 is 2.68 bits per heavy atom. The van der Waals surface area contributed by atoms with Crippen LogP contribution in [0.15, 0.2) is 18.2 Å². The topological polar surface area (TPSA) is 89.7 Å². The van der Waals surface area contributed by atoms with Gasteiger partial charge in [-0.2, -0.15) is 0 Å². The first kappa shape index (κ1) is 13.1. The number of imide groups is 1. The normalized spacial score (nSPS) is 13.6. The fourth-order valence-electron chi connectivity index (χ4n) is 2.09. The molecule has 6 heteroatoms. The maximum atomic E-state index is 12.2. The maximum absolute atomic E-state index is 12.2. The number of carbonyl (C=O) groups is 3. The number of hydrogen-bond acceptors (Lipinski definition) is 4. The van der Waals surface area contributed by atoms with Gasteiger partial charge in [-0.3, -0.25) is 19.3 Å². The summed E-state index contributed by atoms with van der Waals surface area (Å²) in [6, 6.07) is 4.89. The van der Waals surface area contributed by atoms with Crippen molar-refractivity contribution in [3.05, 3.63) is 29.3 Å². The second kappa shape index (κ2) is 5.09. The second-order valence-corrected chi connectivity index (χ2v) is 4.21. The van der Waals surface area contributed by atoms with E-state index in [4.69, 9.17) is 10.5 Å². The van der Waals surface area contributed by atoms with Crippen LogP contribution >= 0.6 is 0 Å². The lowest BCUT2D eigenvalue weighted by Crippen LogP contribution is -2.31. The van der Waals surface area contributed by atoms with E-state index in [1.54, 1.807) is 18.2 Å². The van der Waals surface area contributed by atoms with Crippen LogP contribution in [0.5, 0.6) is 5.75 Å². The predicted molar refractivity (Wildman–Crippen MR) is 66.8 cm³/mol. The first-order valence-electron chi connectivity index (χ1n) is 5.87. The highest BCUT2D eigenvalue weighted by atomic mass is 16.5. The molecule has 0 saturated carbocycles. The van der Waals surface area contributed by atoms with E-state index >= 15 is 0 Å². The number of nitrogens with two attached hydrogens (primary N) is 1. The summed E-state index contributed by atoms with van der Waals surface area (Å²) in [4.78, 5) is 36.0. The summed E-state index contributed by atoms with van der Waals surface area (Å²) in [5, 5.41) is 0. The number of nitrogens with zero attached hydrogens (tertiary/aromatic N) is 1. The highest BCUT2D eigenvalue weighted by Gasteiger charge is 2.37. The van der Waals surface area contributed by atoms with Gasteiger partial charge in [0.1, 0.15) is 5.75 Å². The van der Waals surface area contributed by atoms with Gasteiger partial charge in [-0.25, -0.2) is 0 Å². The Kier molecular flexibility index (Phi) is 3.50. The fraction of sp³-hybridized carbons (Fsp3) is 0.308. The Hall–Kier alpha value is -2.37. The average Bonchev–Trinajstić information content (AvgIpc) is 2.63. The second-order valence-electron chi connectivity index (χ2n) is 4.21. The lowest BCUT2D eigenvalue weighted by Gasteiger charge is -2.12. The van der Waals surface area contributed by atoms with Gasteiger partial charge in [0, 0.05) is 13.0 Å². The molecule has 1 aliphatic heterocycles. The molecule has 1 aliphatic rings. The van der Waals surface area contributed by atoms with Crippen LogP contribution in [0, 0.1) is 0 Å². The van der Waals surface area contributed by atoms with Gasteiger partial charge < -0.3 is 10.5 Å². The van der Waals surface area contributed by atoms with E-state index in [1.165, 1.54) is 7.11 Å². The van der Waals surface area contributed by atoms with Gasteiger partial charge >= 0.3 is 0 Å². The molecule has 19 heavy (non-hydrogen) atoms. The van der Waals surface area contributed by atoms with Crippen LogP contribution < -0.4 is 10.5 Å². The molecule has 0 radical (unpaired) electrons. The molecule has 1 heterocycles. The summed E-state index contributed by atoms with van der Waals surface area (Å²) in [6.07, 6.45) is 0.508. The number of primary amides is 1. The third kappa shape index (κ3) is 2.29. The van der Waals surface area contributed by atoms with Gasteiger partial charge in [0.2, 0.25) is 5.91 Å². The van der Waals surface area contributed by atoms with E-state index in [0.29, 0.717) is 17.7 Å². The monoisotopic (exact) mass is 262 g/mol. The minimum Gasteiger partial charge on any atom is -0.496 e. The molecule has 0 unspecified atom stereocenters. The molecule has 0 fully saturated rings. The fourth-order valence-corrected chi connectivity index (χ4v) is 2.09. The van der Waals surface area contributed by atoms with Crippen molar-refractivity contribution in [2.24, 2.45) is 5.73 Å². The first-order chi connectivity index (χ1) is 9.06. The quantitative estimate of drug-likeness (QED) is 0.785. The van der Waals surface area contributed by atoms with Crippen LogP contribution in [0.25, 0.3) is 0 Å². The number of benzene rings is 1. The minimum atomic E-state index is -0.450. The van der Waals surface area contributed by atoms with E-state index < -0.39 is 5.91 Å². The van der Waals surface area contributed by atoms with Crippen LogP contribution in [0.2, 0.25) is 0 Å². The predicted octanol–water partition coefficient (Wildman–Crippen LogP) is 0.557. The first-order valence-corrected chi connectivity index (χ1v) is 5.87. The van der Waals surface area contributed by atoms with Gasteiger partial charge in [-0.1, -0.05) is 6.07 Å². The molecule has 2 rings (SSSR count). The Bertz CT molecular complexity index is 554. The van der Waals surface area contributed by atoms with Gasteiger partial charge in [-0.15, -0.1) is 0 Å². The van der Waals surface area contributed by atoms with Crippen molar-refractivity contribution in [1.29, 1.82) is 0 Å². The molecule has 0 bridgehead atoms. The zero-order valence-corrected chi connectivity index (χ0v) is 10.5. The molecule has 2 N–H and O–H groups in total. The van der Waals surface area contributed by atoms with Crippen molar-refractivity contribution >= 4 is 17.7 Å². The lowest BCUT2D eigenvalue weighted by molar-refractivity contribution is -0.118. The van der Waals surface area contributed by atoms with Crippen molar-refractivity contribution in [3.63, 3.8) is 0 Å². The largest absolute Gasteiger partial charge is 0.496 e. The molecule has 100 valence electrons. The van der Waals surface area contributed by atoms with Crippen LogP contribution in [0.1, 0.15) is 33.6 Å². The van der Waals surface area contributed by atoms with Crippen molar-refractivity contribution in [2.45, 2.75) is 12.8 Å². The SMILES string of the molecule is COc1cccc2c1C(=O)N(CCCC(N)=O)C2=O. The Labute approximate surface area is 110 Å². The van der Waals surface area contributed by atoms with Crippen LogP contribution in [-0.4, -0.2) is 36.3 Å². The molecule has 0 saturated heterocycles. The molecule has 0 atom stereocenters. The molecular formula is C13H14N2O4.